The quantitative estimate of drug-likeness (QED) is 0.304. The molecule has 3 aromatic rings. The third kappa shape index (κ3) is 4.58. The van der Waals surface area contributed by atoms with Crippen molar-refractivity contribution in [1.82, 2.24) is 10.2 Å². The minimum Gasteiger partial charge on any atom is -0.504 e. The van der Waals surface area contributed by atoms with Crippen LogP contribution in [-0.2, 0) is 6.42 Å². The van der Waals surface area contributed by atoms with E-state index < -0.39 is 0 Å². The summed E-state index contributed by atoms with van der Waals surface area (Å²) >= 11 is 2.68. The maximum absolute atomic E-state index is 12.2. The van der Waals surface area contributed by atoms with E-state index in [0.29, 0.717) is 15.0 Å². The van der Waals surface area contributed by atoms with Crippen molar-refractivity contribution >= 4 is 39.7 Å². The van der Waals surface area contributed by atoms with Gasteiger partial charge in [-0.25, -0.2) is 0 Å². The van der Waals surface area contributed by atoms with E-state index in [2.05, 4.69) is 28.5 Å². The van der Waals surface area contributed by atoms with E-state index in [4.69, 9.17) is 0 Å². The van der Waals surface area contributed by atoms with Gasteiger partial charge in [-0.2, -0.15) is 0 Å². The van der Waals surface area contributed by atoms with Crippen LogP contribution in [0, 0.1) is 6.92 Å². The molecule has 0 saturated carbocycles. The van der Waals surface area contributed by atoms with E-state index in [1.165, 1.54) is 46.9 Å². The van der Waals surface area contributed by atoms with Crippen molar-refractivity contribution in [1.29, 1.82) is 0 Å². The highest BCUT2D eigenvalue weighted by atomic mass is 32.2. The number of aromatic nitrogens is 2. The summed E-state index contributed by atoms with van der Waals surface area (Å²) in [6.07, 6.45) is 0.915. The summed E-state index contributed by atoms with van der Waals surface area (Å²) in [7, 11) is 0. The molecule has 0 spiro atoms. The van der Waals surface area contributed by atoms with Gasteiger partial charge in [0.1, 0.15) is 0 Å². The zero-order chi connectivity index (χ0) is 19.4. The van der Waals surface area contributed by atoms with Crippen LogP contribution < -0.4 is 5.32 Å². The number of phenols is 2. The maximum Gasteiger partial charge on any atom is 0.210 e. The van der Waals surface area contributed by atoms with Crippen molar-refractivity contribution in [3.05, 3.63) is 53.1 Å². The van der Waals surface area contributed by atoms with Crippen molar-refractivity contribution < 1.29 is 15.0 Å². The van der Waals surface area contributed by atoms with Gasteiger partial charge in [0.15, 0.2) is 21.6 Å². The second kappa shape index (κ2) is 8.41. The van der Waals surface area contributed by atoms with Gasteiger partial charge in [0.25, 0.3) is 0 Å². The van der Waals surface area contributed by atoms with Crippen LogP contribution in [0.2, 0.25) is 0 Å². The summed E-state index contributed by atoms with van der Waals surface area (Å²) in [4.78, 5) is 12.2. The zero-order valence-corrected chi connectivity index (χ0v) is 16.5. The van der Waals surface area contributed by atoms with Gasteiger partial charge in [0.2, 0.25) is 5.13 Å². The highest BCUT2D eigenvalue weighted by molar-refractivity contribution is 8.01. The highest BCUT2D eigenvalue weighted by Crippen LogP contribution is 2.31. The number of hydrogen-bond donors (Lipinski definition) is 3. The van der Waals surface area contributed by atoms with Crippen molar-refractivity contribution in [2.75, 3.05) is 11.1 Å². The number of carbonyl (C=O) groups excluding carboxylic acids is 1. The Morgan fingerprint density at radius 3 is 2.74 bits per heavy atom. The van der Waals surface area contributed by atoms with Gasteiger partial charge in [-0.1, -0.05) is 48.2 Å². The van der Waals surface area contributed by atoms with Crippen LogP contribution in [0.25, 0.3) is 0 Å². The van der Waals surface area contributed by atoms with E-state index in [0.717, 1.165) is 17.7 Å². The van der Waals surface area contributed by atoms with Crippen molar-refractivity contribution in [2.24, 2.45) is 0 Å². The normalized spacial score (nSPS) is 10.7. The summed E-state index contributed by atoms with van der Waals surface area (Å²) in [6, 6.07) is 10.2. The van der Waals surface area contributed by atoms with Gasteiger partial charge < -0.3 is 15.5 Å². The number of benzene rings is 2. The number of ketones is 1. The van der Waals surface area contributed by atoms with E-state index in [-0.39, 0.29) is 23.0 Å². The predicted molar refractivity (Wildman–Crippen MR) is 109 cm³/mol. The van der Waals surface area contributed by atoms with Gasteiger partial charge in [-0.05, 0) is 42.7 Å². The first-order chi connectivity index (χ1) is 13.0. The van der Waals surface area contributed by atoms with Crippen molar-refractivity contribution in [3.63, 3.8) is 0 Å². The molecule has 1 heterocycles. The Labute approximate surface area is 165 Å². The number of para-hydroxylation sites is 1. The highest BCUT2D eigenvalue weighted by Gasteiger charge is 2.13. The average molecular weight is 402 g/mol. The Morgan fingerprint density at radius 1 is 1.19 bits per heavy atom. The number of hydrogen-bond acceptors (Lipinski definition) is 8. The minimum absolute atomic E-state index is 0.160. The monoisotopic (exact) mass is 401 g/mol. The number of carbonyl (C=O) groups is 1. The van der Waals surface area contributed by atoms with Crippen LogP contribution in [0.4, 0.5) is 10.8 Å². The van der Waals surface area contributed by atoms with Crippen LogP contribution in [-0.4, -0.2) is 31.9 Å². The molecule has 0 aliphatic heterocycles. The molecule has 0 aliphatic rings. The van der Waals surface area contributed by atoms with Crippen LogP contribution in [0.15, 0.2) is 40.7 Å². The number of aryl methyl sites for hydroxylation is 2. The summed E-state index contributed by atoms with van der Waals surface area (Å²) in [5.41, 5.74) is 3.74. The summed E-state index contributed by atoms with van der Waals surface area (Å²) < 4.78 is 0.681. The third-order valence-corrected chi connectivity index (χ3v) is 5.97. The van der Waals surface area contributed by atoms with Crippen LogP contribution in [0.1, 0.15) is 28.4 Å². The molecule has 2 aromatic carbocycles. The molecule has 27 heavy (non-hydrogen) atoms. The molecule has 0 bridgehead atoms. The van der Waals surface area contributed by atoms with E-state index >= 15 is 0 Å². The number of nitrogens with one attached hydrogen (secondary N) is 1. The number of phenolic OH excluding ortho intramolecular Hbond substituents is 2. The fourth-order valence-corrected chi connectivity index (χ4v) is 4.19. The SMILES string of the molecule is CCc1cccc(C)c1Nc1nnc(SCC(=O)c2ccc(O)c(O)c2)s1. The van der Waals surface area contributed by atoms with Gasteiger partial charge >= 0.3 is 0 Å². The first-order valence-electron chi connectivity index (χ1n) is 8.35. The van der Waals surface area contributed by atoms with E-state index in [9.17, 15) is 15.0 Å². The molecule has 3 rings (SSSR count). The lowest BCUT2D eigenvalue weighted by Gasteiger charge is -2.11. The maximum atomic E-state index is 12.2. The Hall–Kier alpha value is -2.58. The number of anilines is 2. The van der Waals surface area contributed by atoms with Crippen molar-refractivity contribution in [2.45, 2.75) is 24.6 Å². The largest absolute Gasteiger partial charge is 0.504 e. The standard InChI is InChI=1S/C19H19N3O3S2/c1-3-12-6-4-5-11(2)17(12)20-18-21-22-19(27-18)26-10-16(25)13-7-8-14(23)15(24)9-13/h4-9,23-24H,3,10H2,1-2H3,(H,20,21). The molecule has 0 amide bonds. The summed E-state index contributed by atoms with van der Waals surface area (Å²) in [6.45, 7) is 4.15. The van der Waals surface area contributed by atoms with Crippen LogP contribution in [0.3, 0.4) is 0 Å². The molecule has 0 saturated heterocycles. The molecule has 8 heteroatoms. The lowest BCUT2D eigenvalue weighted by molar-refractivity contribution is 0.102. The predicted octanol–water partition coefficient (Wildman–Crippen LogP) is 4.54. The van der Waals surface area contributed by atoms with Crippen LogP contribution >= 0.6 is 23.1 Å². The number of thioether (sulfide) groups is 1. The number of aromatic hydroxyl groups is 2. The molecular formula is C19H19N3O3S2. The fourth-order valence-electron chi connectivity index (χ4n) is 2.54. The molecule has 6 nitrogen and oxygen atoms in total. The van der Waals surface area contributed by atoms with Gasteiger partial charge in [-0.15, -0.1) is 10.2 Å². The number of nitrogens with zero attached hydrogens (tertiary/aromatic N) is 2. The topological polar surface area (TPSA) is 95.3 Å². The molecule has 0 atom stereocenters. The van der Waals surface area contributed by atoms with Gasteiger partial charge in [0.05, 0.1) is 5.75 Å². The Kier molecular flexibility index (Phi) is 5.98. The minimum atomic E-state index is -0.307. The lowest BCUT2D eigenvalue weighted by atomic mass is 10.1. The molecule has 0 radical (unpaired) electrons. The molecule has 0 aliphatic carbocycles. The summed E-state index contributed by atoms with van der Waals surface area (Å²) in [5, 5.41) is 31.1. The third-order valence-electron chi connectivity index (χ3n) is 4.00. The smallest absolute Gasteiger partial charge is 0.210 e. The van der Waals surface area contributed by atoms with Crippen LogP contribution in [0.5, 0.6) is 11.5 Å². The summed E-state index contributed by atoms with van der Waals surface area (Å²) in [5.74, 6) is -0.546. The first kappa shape index (κ1) is 19.2. The van der Waals surface area contributed by atoms with Gasteiger partial charge in [-0.3, -0.25) is 4.79 Å². The Morgan fingerprint density at radius 2 is 2.00 bits per heavy atom. The lowest BCUT2D eigenvalue weighted by Crippen LogP contribution is -2.01. The van der Waals surface area contributed by atoms with Gasteiger partial charge in [0, 0.05) is 11.3 Å². The number of Topliss-reactive ketones (excluding diaryl/α,β-unsaturated/α-hetero) is 1. The fraction of sp³-hybridized carbons (Fsp3) is 0.211. The molecule has 0 fully saturated rings. The second-order valence-electron chi connectivity index (χ2n) is 5.88. The zero-order valence-electron chi connectivity index (χ0n) is 14.9. The Bertz CT molecular complexity index is 973. The van der Waals surface area contributed by atoms with E-state index in [1.54, 1.807) is 0 Å². The molecular weight excluding hydrogens is 382 g/mol. The Balaban J connectivity index is 1.65. The second-order valence-corrected chi connectivity index (χ2v) is 8.08. The molecule has 1 aromatic heterocycles. The molecule has 3 N–H and O–H groups in total. The molecule has 0 unspecified atom stereocenters. The first-order valence-corrected chi connectivity index (χ1v) is 10.1. The molecule has 140 valence electrons. The average Bonchev–Trinajstić information content (AvgIpc) is 3.11. The van der Waals surface area contributed by atoms with Crippen molar-refractivity contribution in [3.8, 4) is 11.5 Å². The number of rotatable bonds is 7. The van der Waals surface area contributed by atoms with E-state index in [1.807, 2.05) is 19.1 Å².